The zero-order chi connectivity index (χ0) is 13.5. The van der Waals surface area contributed by atoms with E-state index in [0.717, 1.165) is 0 Å². The van der Waals surface area contributed by atoms with E-state index in [1.807, 2.05) is 25.3 Å². The molecule has 1 aromatic heterocycles. The van der Waals surface area contributed by atoms with Crippen LogP contribution in [-0.4, -0.2) is 11.1 Å². The van der Waals surface area contributed by atoms with Crippen molar-refractivity contribution in [1.29, 1.82) is 0 Å². The van der Waals surface area contributed by atoms with Gasteiger partial charge in [-0.2, -0.15) is 0 Å². The van der Waals surface area contributed by atoms with Gasteiger partial charge in [0.1, 0.15) is 0 Å². The topological polar surface area (TPSA) is 101 Å². The molecule has 0 atom stereocenters. The van der Waals surface area contributed by atoms with E-state index in [2.05, 4.69) is 4.98 Å². The third-order valence-electron chi connectivity index (χ3n) is 2.11. The summed E-state index contributed by atoms with van der Waals surface area (Å²) in [5.41, 5.74) is 6.39. The highest BCUT2D eigenvalue weighted by Gasteiger charge is 1.99. The summed E-state index contributed by atoms with van der Waals surface area (Å²) in [5, 5.41) is 19.0. The van der Waals surface area contributed by atoms with Gasteiger partial charge in [-0.1, -0.05) is 23.9 Å². The van der Waals surface area contributed by atoms with Crippen molar-refractivity contribution in [3.8, 4) is 5.75 Å². The maximum absolute atomic E-state index is 10.7. The van der Waals surface area contributed by atoms with Crippen molar-refractivity contribution in [2.45, 2.75) is 6.92 Å². The number of hydrogen-bond donors (Lipinski definition) is 2. The number of anilines is 1. The molecule has 0 unspecified atom stereocenters. The number of pyridine rings is 1. The van der Waals surface area contributed by atoms with Gasteiger partial charge in [0.2, 0.25) is 0 Å². The quantitative estimate of drug-likeness (QED) is 0.778. The predicted octanol–water partition coefficient (Wildman–Crippen LogP) is 0.850. The molecule has 2 rings (SSSR count). The largest absolute Gasteiger partial charge is 0.872 e. The summed E-state index contributed by atoms with van der Waals surface area (Å²) in [6, 6.07) is 9.34. The molecule has 5 heteroatoms. The number of aromatic nitrogens is 1. The molecular weight excluding hydrogens is 232 g/mol. The Labute approximate surface area is 105 Å². The standard InChI is InChI=1S/C7H6O3.C6H8N2/c8-6-4-2-1-3-5(6)7(9)10;1-5-2-3-6(7)8-4-5/h1-4,8H,(H,9,10);2-4H,1H3,(H2,7,8). The van der Waals surface area contributed by atoms with E-state index >= 15 is 0 Å². The van der Waals surface area contributed by atoms with E-state index in [1.54, 1.807) is 0 Å². The third-order valence-corrected chi connectivity index (χ3v) is 2.11. The summed E-state index contributed by atoms with van der Waals surface area (Å²) in [5.74, 6) is -0.920. The lowest BCUT2D eigenvalue weighted by Gasteiger charge is -2.07. The van der Waals surface area contributed by atoms with Gasteiger partial charge in [-0.25, -0.2) is 9.78 Å². The first-order valence-electron chi connectivity index (χ1n) is 5.24. The average Bonchev–Trinajstić information content (AvgIpc) is 2.34. The number of carboxylic acid groups (broad SMARTS) is 1. The fourth-order valence-electron chi connectivity index (χ4n) is 1.16. The van der Waals surface area contributed by atoms with Crippen molar-refractivity contribution in [3.63, 3.8) is 0 Å². The monoisotopic (exact) mass is 246 g/mol. The molecule has 0 radical (unpaired) electrons. The lowest BCUT2D eigenvalue weighted by atomic mass is 10.2. The molecule has 94 valence electrons. The molecule has 0 bridgehead atoms. The van der Waals surface area contributed by atoms with Crippen LogP contribution in [0.15, 0.2) is 42.6 Å². The van der Waals surface area contributed by atoms with Crippen LogP contribution in [0.25, 0.3) is 0 Å². The number of carbonyl (C=O) groups is 1. The summed E-state index contributed by atoms with van der Waals surface area (Å²) in [6.45, 7) is 2.01. The van der Waals surface area contributed by atoms with E-state index in [1.165, 1.54) is 29.8 Å². The SMILES string of the molecule is Cc1ccc(N)[nH+]c1.O=C(O)c1ccccc1[O-]. The third kappa shape index (κ3) is 4.13. The molecule has 1 heterocycles. The molecule has 0 spiro atoms. The Morgan fingerprint density at radius 3 is 2.33 bits per heavy atom. The number of hydrogen-bond acceptors (Lipinski definition) is 3. The number of H-pyrrole nitrogens is 1. The van der Waals surface area contributed by atoms with Crippen molar-refractivity contribution >= 4 is 11.8 Å². The smallest absolute Gasteiger partial charge is 0.335 e. The lowest BCUT2D eigenvalue weighted by Crippen LogP contribution is -2.08. The van der Waals surface area contributed by atoms with Gasteiger partial charge < -0.3 is 10.2 Å². The van der Waals surface area contributed by atoms with Crippen LogP contribution in [0.4, 0.5) is 5.82 Å². The molecule has 5 nitrogen and oxygen atoms in total. The van der Waals surface area contributed by atoms with E-state index in [4.69, 9.17) is 10.8 Å². The van der Waals surface area contributed by atoms with Crippen molar-refractivity contribution in [1.82, 2.24) is 0 Å². The van der Waals surface area contributed by atoms with Gasteiger partial charge >= 0.3 is 5.97 Å². The highest BCUT2D eigenvalue weighted by molar-refractivity contribution is 5.90. The minimum Gasteiger partial charge on any atom is -0.872 e. The fraction of sp³-hybridized carbons (Fsp3) is 0.0769. The maximum atomic E-state index is 10.7. The highest BCUT2D eigenvalue weighted by Crippen LogP contribution is 2.10. The predicted molar refractivity (Wildman–Crippen MR) is 65.0 cm³/mol. The van der Waals surface area contributed by atoms with Crippen LogP contribution in [0.1, 0.15) is 15.9 Å². The molecule has 4 N–H and O–H groups in total. The molecule has 2 aromatic rings. The molecule has 18 heavy (non-hydrogen) atoms. The highest BCUT2D eigenvalue weighted by atomic mass is 16.4. The van der Waals surface area contributed by atoms with Crippen LogP contribution in [0.3, 0.4) is 0 Å². The number of nitrogens with two attached hydrogens (primary N) is 1. The van der Waals surface area contributed by atoms with Crippen molar-refractivity contribution < 1.29 is 20.0 Å². The van der Waals surface area contributed by atoms with Crippen LogP contribution in [0.5, 0.6) is 5.75 Å². The first kappa shape index (κ1) is 13.5. The number of nitrogens with one attached hydrogen (secondary N) is 1. The van der Waals surface area contributed by atoms with Gasteiger partial charge in [0, 0.05) is 6.07 Å². The minimum atomic E-state index is -1.18. The van der Waals surface area contributed by atoms with Gasteiger partial charge in [0.05, 0.1) is 11.8 Å². The van der Waals surface area contributed by atoms with E-state index in [-0.39, 0.29) is 5.56 Å². The van der Waals surface area contributed by atoms with Crippen LogP contribution in [0.2, 0.25) is 0 Å². The second kappa shape index (κ2) is 6.24. The number of aryl methyl sites for hydroxylation is 1. The van der Waals surface area contributed by atoms with Crippen LogP contribution >= 0.6 is 0 Å². The number of para-hydroxylation sites is 1. The van der Waals surface area contributed by atoms with E-state index in [9.17, 15) is 9.90 Å². The Morgan fingerprint density at radius 2 is 1.94 bits per heavy atom. The maximum Gasteiger partial charge on any atom is 0.335 e. The number of aromatic carboxylic acids is 1. The van der Waals surface area contributed by atoms with Gasteiger partial charge in [0.25, 0.3) is 5.82 Å². The Balaban J connectivity index is 0.000000184. The number of nitrogen functional groups attached to an aromatic ring is 1. The minimum absolute atomic E-state index is 0.178. The molecule has 1 aromatic carbocycles. The first-order valence-corrected chi connectivity index (χ1v) is 5.24. The zero-order valence-electron chi connectivity index (χ0n) is 9.88. The number of carboxylic acids is 1. The lowest BCUT2D eigenvalue weighted by molar-refractivity contribution is -0.360. The van der Waals surface area contributed by atoms with Crippen LogP contribution in [-0.2, 0) is 0 Å². The normalized spacial score (nSPS) is 9.17. The molecule has 0 saturated heterocycles. The summed E-state index contributed by atoms with van der Waals surface area (Å²) < 4.78 is 0. The Morgan fingerprint density at radius 1 is 1.28 bits per heavy atom. The molecule has 0 aliphatic rings. The van der Waals surface area contributed by atoms with E-state index < -0.39 is 11.7 Å². The second-order valence-corrected chi connectivity index (χ2v) is 3.62. The molecular formula is C13H14N2O3. The van der Waals surface area contributed by atoms with Crippen molar-refractivity contribution in [2.24, 2.45) is 0 Å². The van der Waals surface area contributed by atoms with Crippen molar-refractivity contribution in [2.75, 3.05) is 5.73 Å². The van der Waals surface area contributed by atoms with E-state index in [0.29, 0.717) is 5.82 Å². The summed E-state index contributed by atoms with van der Waals surface area (Å²) >= 11 is 0. The second-order valence-electron chi connectivity index (χ2n) is 3.62. The average molecular weight is 246 g/mol. The Kier molecular flexibility index (Phi) is 4.68. The number of benzene rings is 1. The number of rotatable bonds is 1. The van der Waals surface area contributed by atoms with Gasteiger partial charge in [-0.05, 0) is 24.6 Å². The summed E-state index contributed by atoms with van der Waals surface area (Å²) in [7, 11) is 0. The van der Waals surface area contributed by atoms with Gasteiger partial charge in [0.15, 0.2) is 0 Å². The number of aromatic amines is 1. The molecule has 0 fully saturated rings. The Hall–Kier alpha value is -2.56. The Bertz CT molecular complexity index is 503. The fourth-order valence-corrected chi connectivity index (χ4v) is 1.16. The van der Waals surface area contributed by atoms with Crippen LogP contribution < -0.4 is 15.8 Å². The molecule has 0 saturated carbocycles. The first-order chi connectivity index (χ1) is 8.50. The molecule has 0 aliphatic heterocycles. The van der Waals surface area contributed by atoms with Crippen LogP contribution in [0, 0.1) is 6.92 Å². The molecule has 0 aliphatic carbocycles. The summed E-state index contributed by atoms with van der Waals surface area (Å²) in [4.78, 5) is 13.1. The van der Waals surface area contributed by atoms with Crippen molar-refractivity contribution in [3.05, 3.63) is 53.7 Å². The molecule has 0 amide bonds. The summed E-state index contributed by atoms with van der Waals surface area (Å²) in [6.07, 6.45) is 1.87. The van der Waals surface area contributed by atoms with Gasteiger partial charge in [-0.3, -0.25) is 5.73 Å². The zero-order valence-corrected chi connectivity index (χ0v) is 9.88. The van der Waals surface area contributed by atoms with Gasteiger partial charge in [-0.15, -0.1) is 0 Å².